The lowest BCUT2D eigenvalue weighted by atomic mass is 9.94. The molecule has 0 aliphatic heterocycles. The molecule has 0 amide bonds. The van der Waals surface area contributed by atoms with Crippen LogP contribution in [0.2, 0.25) is 10.0 Å². The molecule has 4 aromatic rings. The van der Waals surface area contributed by atoms with E-state index in [1.165, 1.54) is 0 Å². The molecule has 0 aliphatic rings. The highest BCUT2D eigenvalue weighted by Gasteiger charge is 2.24. The van der Waals surface area contributed by atoms with Crippen LogP contribution in [0.3, 0.4) is 0 Å². The van der Waals surface area contributed by atoms with Gasteiger partial charge in [-0.05, 0) is 74.7 Å². The third-order valence-electron chi connectivity index (χ3n) is 5.57. The Labute approximate surface area is 204 Å². The van der Waals surface area contributed by atoms with Gasteiger partial charge in [-0.15, -0.1) is 0 Å². The Morgan fingerprint density at radius 1 is 0.788 bits per heavy atom. The average Bonchev–Trinajstić information content (AvgIpc) is 3.21. The predicted molar refractivity (Wildman–Crippen MR) is 135 cm³/mol. The second kappa shape index (κ2) is 8.62. The molecule has 6 heteroatoms. The summed E-state index contributed by atoms with van der Waals surface area (Å²) >= 11 is 12.8. The molecule has 0 radical (unpaired) electrons. The SMILES string of the molecule is CC(C)(O)c1cccc(-c2ccc(-n3cc(C(C)(C)O)nc3-c3cccc(Cl)c3Cl)cc2)c1. The van der Waals surface area contributed by atoms with Crippen molar-refractivity contribution in [3.8, 4) is 28.2 Å². The van der Waals surface area contributed by atoms with Gasteiger partial charge in [-0.1, -0.05) is 59.6 Å². The number of aliphatic hydroxyl groups is 2. The first-order valence-corrected chi connectivity index (χ1v) is 11.4. The van der Waals surface area contributed by atoms with Crippen molar-refractivity contribution in [2.24, 2.45) is 0 Å². The summed E-state index contributed by atoms with van der Waals surface area (Å²) in [6.45, 7) is 6.94. The Hall–Kier alpha value is -2.63. The first-order chi connectivity index (χ1) is 15.4. The summed E-state index contributed by atoms with van der Waals surface area (Å²) in [5.41, 5.74) is 2.93. The molecule has 0 unspecified atom stereocenters. The molecule has 4 rings (SSSR count). The van der Waals surface area contributed by atoms with Gasteiger partial charge >= 0.3 is 0 Å². The van der Waals surface area contributed by atoms with Crippen molar-refractivity contribution in [3.63, 3.8) is 0 Å². The largest absolute Gasteiger partial charge is 0.386 e. The van der Waals surface area contributed by atoms with Gasteiger partial charge in [0.1, 0.15) is 11.4 Å². The van der Waals surface area contributed by atoms with Gasteiger partial charge in [0.2, 0.25) is 0 Å². The summed E-state index contributed by atoms with van der Waals surface area (Å²) in [5, 5.41) is 21.8. The molecule has 0 aliphatic carbocycles. The van der Waals surface area contributed by atoms with Crippen molar-refractivity contribution < 1.29 is 10.2 Å². The second-order valence-corrected chi connectivity index (χ2v) is 9.95. The molecule has 4 nitrogen and oxygen atoms in total. The van der Waals surface area contributed by atoms with Crippen LogP contribution in [0.15, 0.2) is 72.9 Å². The summed E-state index contributed by atoms with van der Waals surface area (Å²) in [4.78, 5) is 4.69. The Bertz CT molecular complexity index is 1300. The predicted octanol–water partition coefficient (Wildman–Crippen LogP) is 6.97. The number of nitrogens with zero attached hydrogens (tertiary/aromatic N) is 2. The molecule has 2 N–H and O–H groups in total. The lowest BCUT2D eigenvalue weighted by Gasteiger charge is -2.18. The fourth-order valence-electron chi connectivity index (χ4n) is 3.63. The maximum absolute atomic E-state index is 10.6. The van der Waals surface area contributed by atoms with Crippen molar-refractivity contribution in [1.29, 1.82) is 0 Å². The van der Waals surface area contributed by atoms with Crippen molar-refractivity contribution in [2.45, 2.75) is 38.9 Å². The fourth-order valence-corrected chi connectivity index (χ4v) is 4.02. The van der Waals surface area contributed by atoms with Gasteiger partial charge in [-0.2, -0.15) is 0 Å². The number of hydrogen-bond acceptors (Lipinski definition) is 3. The summed E-state index contributed by atoms with van der Waals surface area (Å²) in [7, 11) is 0. The summed E-state index contributed by atoms with van der Waals surface area (Å²) in [6, 6.07) is 21.3. The van der Waals surface area contributed by atoms with Gasteiger partial charge in [0.05, 0.1) is 21.3 Å². The molecule has 1 heterocycles. The van der Waals surface area contributed by atoms with Crippen LogP contribution in [-0.4, -0.2) is 19.8 Å². The zero-order valence-corrected chi connectivity index (χ0v) is 20.5. The number of rotatable bonds is 5. The average molecular weight is 481 g/mol. The smallest absolute Gasteiger partial charge is 0.146 e. The zero-order chi connectivity index (χ0) is 24.0. The summed E-state index contributed by atoms with van der Waals surface area (Å²) in [6.07, 6.45) is 1.82. The van der Waals surface area contributed by atoms with Crippen molar-refractivity contribution >= 4 is 23.2 Å². The van der Waals surface area contributed by atoms with Crippen LogP contribution in [0.4, 0.5) is 0 Å². The third-order valence-corrected chi connectivity index (χ3v) is 6.39. The van der Waals surface area contributed by atoms with Crippen molar-refractivity contribution in [2.75, 3.05) is 0 Å². The highest BCUT2D eigenvalue weighted by atomic mass is 35.5. The van der Waals surface area contributed by atoms with Crippen molar-refractivity contribution in [1.82, 2.24) is 9.55 Å². The lowest BCUT2D eigenvalue weighted by molar-refractivity contribution is 0.0742. The third kappa shape index (κ3) is 4.85. The molecule has 0 atom stereocenters. The Morgan fingerprint density at radius 2 is 1.45 bits per heavy atom. The number of halogens is 2. The summed E-state index contributed by atoms with van der Waals surface area (Å²) < 4.78 is 1.90. The maximum Gasteiger partial charge on any atom is 0.146 e. The van der Waals surface area contributed by atoms with Gasteiger partial charge in [-0.25, -0.2) is 4.98 Å². The molecule has 1 aromatic heterocycles. The number of aromatic nitrogens is 2. The van der Waals surface area contributed by atoms with Crippen LogP contribution in [0.1, 0.15) is 39.0 Å². The van der Waals surface area contributed by atoms with Gasteiger partial charge in [0.25, 0.3) is 0 Å². The second-order valence-electron chi connectivity index (χ2n) is 9.17. The first kappa shape index (κ1) is 23.5. The number of benzene rings is 3. The highest BCUT2D eigenvalue weighted by Crippen LogP contribution is 2.36. The van der Waals surface area contributed by atoms with Crippen LogP contribution in [0.25, 0.3) is 28.2 Å². The standard InChI is InChI=1S/C27H26Cl2N2O2/c1-26(2,32)19-8-5-7-18(15-19)17-11-13-20(14-12-17)31-16-23(27(3,4)33)30-25(31)21-9-6-10-22(28)24(21)29/h5-16,32-33H,1-4H3. The first-order valence-electron chi connectivity index (χ1n) is 10.7. The number of imidazole rings is 1. The zero-order valence-electron chi connectivity index (χ0n) is 19.0. The quantitative estimate of drug-likeness (QED) is 0.324. The molecule has 0 bridgehead atoms. The van der Waals surface area contributed by atoms with Crippen LogP contribution >= 0.6 is 23.2 Å². The van der Waals surface area contributed by atoms with E-state index >= 15 is 0 Å². The van der Waals surface area contributed by atoms with Gasteiger partial charge in [-0.3, -0.25) is 4.57 Å². The molecule has 0 spiro atoms. The van der Waals surface area contributed by atoms with Crippen LogP contribution < -0.4 is 0 Å². The van der Waals surface area contributed by atoms with E-state index in [1.807, 2.05) is 71.4 Å². The van der Waals surface area contributed by atoms with Crippen LogP contribution in [0.5, 0.6) is 0 Å². The molecule has 170 valence electrons. The Morgan fingerprint density at radius 3 is 2.09 bits per heavy atom. The van der Waals surface area contributed by atoms with E-state index in [4.69, 9.17) is 28.2 Å². The normalized spacial score (nSPS) is 12.2. The van der Waals surface area contributed by atoms with Gasteiger partial charge in [0.15, 0.2) is 0 Å². The van der Waals surface area contributed by atoms with E-state index in [0.717, 1.165) is 22.4 Å². The molecule has 0 saturated heterocycles. The maximum atomic E-state index is 10.6. The Kier molecular flexibility index (Phi) is 6.14. The monoisotopic (exact) mass is 480 g/mol. The van der Waals surface area contributed by atoms with Crippen LogP contribution in [-0.2, 0) is 11.2 Å². The van der Waals surface area contributed by atoms with E-state index in [0.29, 0.717) is 27.1 Å². The molecule has 0 saturated carbocycles. The van der Waals surface area contributed by atoms with Crippen LogP contribution in [0, 0.1) is 0 Å². The minimum absolute atomic E-state index is 0.411. The minimum atomic E-state index is -1.12. The topological polar surface area (TPSA) is 58.3 Å². The van der Waals surface area contributed by atoms with Gasteiger partial charge < -0.3 is 10.2 Å². The van der Waals surface area contributed by atoms with E-state index in [1.54, 1.807) is 33.8 Å². The van der Waals surface area contributed by atoms with Gasteiger partial charge in [0, 0.05) is 17.4 Å². The molecule has 33 heavy (non-hydrogen) atoms. The van der Waals surface area contributed by atoms with E-state index < -0.39 is 11.2 Å². The fraction of sp³-hybridized carbons (Fsp3) is 0.222. The molecule has 3 aromatic carbocycles. The highest BCUT2D eigenvalue weighted by molar-refractivity contribution is 6.43. The molecular formula is C27H26Cl2N2O2. The molecular weight excluding hydrogens is 455 g/mol. The summed E-state index contributed by atoms with van der Waals surface area (Å²) in [5.74, 6) is 0.594. The van der Waals surface area contributed by atoms with E-state index in [9.17, 15) is 10.2 Å². The van der Waals surface area contributed by atoms with E-state index in [2.05, 4.69) is 0 Å². The van der Waals surface area contributed by atoms with E-state index in [-0.39, 0.29) is 0 Å². The van der Waals surface area contributed by atoms with Crippen molar-refractivity contribution in [3.05, 3.63) is 94.2 Å². The lowest BCUT2D eigenvalue weighted by Crippen LogP contribution is -2.15. The minimum Gasteiger partial charge on any atom is -0.386 e. The molecule has 0 fully saturated rings. The Balaban J connectivity index is 1.80. The number of hydrogen-bond donors (Lipinski definition) is 2.